The van der Waals surface area contributed by atoms with Gasteiger partial charge in [-0.05, 0) is 58.0 Å². The Morgan fingerprint density at radius 2 is 1.49 bits per heavy atom. The van der Waals surface area contributed by atoms with E-state index in [2.05, 4.69) is 59.9 Å². The number of nitrogens with two attached hydrogens (primary N) is 1. The van der Waals surface area contributed by atoms with Crippen molar-refractivity contribution >= 4 is 28.3 Å². The van der Waals surface area contributed by atoms with Gasteiger partial charge in [-0.15, -0.1) is 0 Å². The molecular formula is C36H32N2O3. The average Bonchev–Trinajstić information content (AvgIpc) is 3.67. The maximum atomic E-state index is 13.0. The summed E-state index contributed by atoms with van der Waals surface area (Å²) in [5.74, 6) is 0.290. The highest BCUT2D eigenvalue weighted by atomic mass is 16.5. The van der Waals surface area contributed by atoms with Crippen molar-refractivity contribution in [2.45, 2.75) is 37.3 Å². The molecule has 0 aromatic heterocycles. The molecule has 0 heterocycles. The molecule has 41 heavy (non-hydrogen) atoms. The van der Waals surface area contributed by atoms with Crippen molar-refractivity contribution in [1.29, 1.82) is 0 Å². The molecule has 2 atom stereocenters. The number of anilines is 1. The van der Waals surface area contributed by atoms with Gasteiger partial charge in [-0.1, -0.05) is 109 Å². The molecule has 0 aliphatic heterocycles. The van der Waals surface area contributed by atoms with Crippen LogP contribution in [0.25, 0.3) is 10.8 Å². The summed E-state index contributed by atoms with van der Waals surface area (Å²) in [5.41, 5.74) is 11.9. The summed E-state index contributed by atoms with van der Waals surface area (Å²) < 4.78 is 5.28. The van der Waals surface area contributed by atoms with Gasteiger partial charge in [-0.3, -0.25) is 10.1 Å². The second-order valence-corrected chi connectivity index (χ2v) is 11.0. The molecule has 1 saturated carbocycles. The average molecular weight is 541 g/mol. The third kappa shape index (κ3) is 6.37. The van der Waals surface area contributed by atoms with Crippen LogP contribution in [0.3, 0.4) is 0 Å². The summed E-state index contributed by atoms with van der Waals surface area (Å²) >= 11 is 0. The van der Waals surface area contributed by atoms with Gasteiger partial charge < -0.3 is 10.5 Å². The maximum absolute atomic E-state index is 13.0. The van der Waals surface area contributed by atoms with Crippen molar-refractivity contribution in [3.63, 3.8) is 0 Å². The number of fused-ring (bicyclic) bond motifs is 1. The van der Waals surface area contributed by atoms with Gasteiger partial charge in [0.1, 0.15) is 6.61 Å². The lowest BCUT2D eigenvalue weighted by atomic mass is 9.96. The Hall–Kier alpha value is -4.74. The van der Waals surface area contributed by atoms with Crippen LogP contribution in [0.1, 0.15) is 45.0 Å². The predicted molar refractivity (Wildman–Crippen MR) is 163 cm³/mol. The van der Waals surface area contributed by atoms with Crippen molar-refractivity contribution in [3.8, 4) is 0 Å². The number of nitrogens with one attached hydrogen (secondary N) is 1. The van der Waals surface area contributed by atoms with Gasteiger partial charge in [0.25, 0.3) is 0 Å². The normalized spacial score (nSPS) is 17.6. The van der Waals surface area contributed by atoms with Crippen molar-refractivity contribution in [2.75, 3.05) is 5.32 Å². The van der Waals surface area contributed by atoms with E-state index in [9.17, 15) is 9.59 Å². The van der Waals surface area contributed by atoms with E-state index < -0.39 is 6.09 Å². The minimum Gasteiger partial charge on any atom is -0.444 e. The number of Topliss-reactive ketones (excluding diaryl/α,β-unsaturated/α-hetero) is 1. The van der Waals surface area contributed by atoms with Crippen LogP contribution in [0.2, 0.25) is 0 Å². The number of benzene rings is 5. The number of hydrogen-bond donors (Lipinski definition) is 2. The van der Waals surface area contributed by atoms with Gasteiger partial charge in [0.15, 0.2) is 5.78 Å². The molecule has 1 amide bonds. The summed E-state index contributed by atoms with van der Waals surface area (Å²) in [6.45, 7) is 0.177. The molecule has 0 unspecified atom stereocenters. The number of rotatable bonds is 9. The van der Waals surface area contributed by atoms with Crippen LogP contribution >= 0.6 is 0 Å². The molecule has 5 heteroatoms. The lowest BCUT2D eigenvalue weighted by molar-refractivity contribution is 0.0992. The van der Waals surface area contributed by atoms with Gasteiger partial charge in [0, 0.05) is 29.1 Å². The molecule has 204 valence electrons. The molecule has 1 aliphatic rings. The summed E-state index contributed by atoms with van der Waals surface area (Å²) in [6, 6.07) is 39.6. The highest BCUT2D eigenvalue weighted by molar-refractivity contribution is 5.99. The monoisotopic (exact) mass is 540 g/mol. The number of ketones is 1. The molecule has 5 aromatic rings. The highest BCUT2D eigenvalue weighted by Gasteiger charge is 2.51. The zero-order chi connectivity index (χ0) is 28.2. The van der Waals surface area contributed by atoms with Crippen LogP contribution in [-0.2, 0) is 24.2 Å². The molecule has 5 nitrogen and oxygen atoms in total. The first kappa shape index (κ1) is 26.5. The van der Waals surface area contributed by atoms with Crippen LogP contribution in [-0.4, -0.2) is 17.4 Å². The van der Waals surface area contributed by atoms with E-state index in [1.165, 1.54) is 21.9 Å². The number of carbonyl (C=O) groups is 2. The van der Waals surface area contributed by atoms with E-state index in [0.29, 0.717) is 17.2 Å². The minimum atomic E-state index is -0.564. The number of amides is 1. The molecule has 1 aliphatic carbocycles. The largest absolute Gasteiger partial charge is 0.444 e. The summed E-state index contributed by atoms with van der Waals surface area (Å²) in [5, 5.41) is 5.19. The maximum Gasteiger partial charge on any atom is 0.411 e. The van der Waals surface area contributed by atoms with Crippen LogP contribution in [0, 0.1) is 0 Å². The Balaban J connectivity index is 1.03. The van der Waals surface area contributed by atoms with E-state index in [1.807, 2.05) is 42.5 Å². The first-order chi connectivity index (χ1) is 19.9. The molecule has 0 bridgehead atoms. The zero-order valence-corrected chi connectivity index (χ0v) is 22.8. The quantitative estimate of drug-likeness (QED) is 0.190. The predicted octanol–water partition coefficient (Wildman–Crippen LogP) is 7.44. The van der Waals surface area contributed by atoms with Crippen LogP contribution in [0.15, 0.2) is 121 Å². The Kier molecular flexibility index (Phi) is 7.36. The van der Waals surface area contributed by atoms with Gasteiger partial charge in [-0.2, -0.15) is 0 Å². The minimum absolute atomic E-state index is 0.0186. The second-order valence-electron chi connectivity index (χ2n) is 11.0. The molecular weight excluding hydrogens is 508 g/mol. The lowest BCUT2D eigenvalue weighted by Crippen LogP contribution is -2.27. The zero-order valence-electron chi connectivity index (χ0n) is 22.8. The first-order valence-electron chi connectivity index (χ1n) is 13.9. The molecule has 5 aromatic carbocycles. The van der Waals surface area contributed by atoms with Crippen molar-refractivity contribution in [2.24, 2.45) is 5.73 Å². The molecule has 3 N–H and O–H groups in total. The van der Waals surface area contributed by atoms with Crippen molar-refractivity contribution in [1.82, 2.24) is 0 Å². The first-order valence-corrected chi connectivity index (χ1v) is 13.9. The summed E-state index contributed by atoms with van der Waals surface area (Å²) in [6.07, 6.45) is 1.50. The highest BCUT2D eigenvalue weighted by Crippen LogP contribution is 2.51. The van der Waals surface area contributed by atoms with E-state index >= 15 is 0 Å². The van der Waals surface area contributed by atoms with Crippen molar-refractivity contribution in [3.05, 3.63) is 149 Å². The van der Waals surface area contributed by atoms with E-state index in [-0.39, 0.29) is 24.3 Å². The Morgan fingerprint density at radius 1 is 0.756 bits per heavy atom. The molecule has 0 radical (unpaired) electrons. The molecule has 0 spiro atoms. The van der Waals surface area contributed by atoms with Crippen molar-refractivity contribution < 1.29 is 14.3 Å². The van der Waals surface area contributed by atoms with Crippen LogP contribution < -0.4 is 11.1 Å². The third-order valence-corrected chi connectivity index (χ3v) is 7.86. The van der Waals surface area contributed by atoms with E-state index in [0.717, 1.165) is 24.0 Å². The number of ether oxygens (including phenoxy) is 1. The summed E-state index contributed by atoms with van der Waals surface area (Å²) in [7, 11) is 0. The van der Waals surface area contributed by atoms with E-state index in [1.54, 1.807) is 24.3 Å². The third-order valence-electron chi connectivity index (χ3n) is 7.86. The Bertz CT molecular complexity index is 1700. The fourth-order valence-electron chi connectivity index (χ4n) is 5.50. The fraction of sp³-hybridized carbons (Fsp3) is 0.167. The molecule has 1 fully saturated rings. The molecule has 0 saturated heterocycles. The number of carbonyl (C=O) groups excluding carboxylic acids is 2. The van der Waals surface area contributed by atoms with Gasteiger partial charge in [0.05, 0.1) is 0 Å². The molecule has 6 rings (SSSR count). The van der Waals surface area contributed by atoms with Crippen LogP contribution in [0.5, 0.6) is 0 Å². The Labute approximate surface area is 240 Å². The van der Waals surface area contributed by atoms with Gasteiger partial charge >= 0.3 is 6.09 Å². The topological polar surface area (TPSA) is 81.4 Å². The lowest BCUT2D eigenvalue weighted by Gasteiger charge is -2.13. The van der Waals surface area contributed by atoms with Crippen LogP contribution in [0.4, 0.5) is 10.5 Å². The summed E-state index contributed by atoms with van der Waals surface area (Å²) in [4.78, 5) is 25.3. The smallest absolute Gasteiger partial charge is 0.411 e. The second kappa shape index (κ2) is 11.4. The van der Waals surface area contributed by atoms with E-state index in [4.69, 9.17) is 10.5 Å². The Morgan fingerprint density at radius 3 is 2.29 bits per heavy atom. The standard InChI is InChI=1S/C36H32N2O3/c37-36(22-27-15-16-28-9-4-5-10-30(28)19-27)23-33(36)29-17-13-25(14-18-29)20-34(39)31-11-6-12-32(21-31)38-35(40)41-24-26-7-2-1-3-8-26/h1-19,21,33H,20,22-24,37H2,(H,38,40)/t33-,36+/m0/s1. The SMILES string of the molecule is N[C@]1(Cc2ccc3ccccc3c2)C[C@H]1c1ccc(CC(=O)c2cccc(NC(=O)OCc3ccccc3)c2)cc1. The number of hydrogen-bond acceptors (Lipinski definition) is 4. The van der Waals surface area contributed by atoms with Gasteiger partial charge in [0.2, 0.25) is 0 Å². The fourth-order valence-corrected chi connectivity index (χ4v) is 5.50. The van der Waals surface area contributed by atoms with Gasteiger partial charge in [-0.25, -0.2) is 4.79 Å².